The van der Waals surface area contributed by atoms with Crippen LogP contribution in [0.15, 0.2) is 28.8 Å². The Balaban J connectivity index is 1.83. The van der Waals surface area contributed by atoms with Gasteiger partial charge in [0.05, 0.1) is 0 Å². The monoisotopic (exact) mass is 281 g/mol. The van der Waals surface area contributed by atoms with Gasteiger partial charge in [0.1, 0.15) is 0 Å². The van der Waals surface area contributed by atoms with Crippen molar-refractivity contribution in [3.63, 3.8) is 0 Å². The summed E-state index contributed by atoms with van der Waals surface area (Å²) in [5.74, 6) is 2.42. The molecule has 4 nitrogen and oxygen atoms in total. The van der Waals surface area contributed by atoms with Crippen LogP contribution in [0.25, 0.3) is 22.4 Å². The smallest absolute Gasteiger partial charge is 0.247 e. The number of benzene rings is 1. The molecule has 1 saturated carbocycles. The van der Waals surface area contributed by atoms with Crippen molar-refractivity contribution in [2.45, 2.75) is 38.5 Å². The average molecular weight is 281 g/mol. The molecule has 1 fully saturated rings. The summed E-state index contributed by atoms with van der Waals surface area (Å²) in [6, 6.07) is 6.38. The minimum absolute atomic E-state index is 0.494. The summed E-state index contributed by atoms with van der Waals surface area (Å²) in [6.45, 7) is 4.44. The lowest BCUT2D eigenvalue weighted by molar-refractivity contribution is 0.508. The molecule has 0 spiro atoms. The van der Waals surface area contributed by atoms with Crippen LogP contribution in [0.4, 0.5) is 0 Å². The molecule has 0 aliphatic heterocycles. The number of aromatic nitrogens is 3. The van der Waals surface area contributed by atoms with E-state index in [2.05, 4.69) is 60.1 Å². The number of rotatable bonds is 3. The Morgan fingerprint density at radius 2 is 2.05 bits per heavy atom. The molecule has 2 aromatic heterocycles. The number of hydrogen-bond donors (Lipinski definition) is 0. The summed E-state index contributed by atoms with van der Waals surface area (Å²) in [7, 11) is 2.09. The molecular formula is C17H19N3O. The number of fused-ring (bicyclic) bond motifs is 1. The molecule has 1 aliphatic carbocycles. The van der Waals surface area contributed by atoms with E-state index in [0.29, 0.717) is 17.7 Å². The molecule has 0 atom stereocenters. The van der Waals surface area contributed by atoms with Gasteiger partial charge in [-0.25, -0.2) is 0 Å². The van der Waals surface area contributed by atoms with Crippen molar-refractivity contribution in [1.29, 1.82) is 0 Å². The zero-order valence-electron chi connectivity index (χ0n) is 12.6. The highest BCUT2D eigenvalue weighted by Crippen LogP contribution is 2.40. The van der Waals surface area contributed by atoms with Gasteiger partial charge in [0.25, 0.3) is 0 Å². The van der Waals surface area contributed by atoms with E-state index in [4.69, 9.17) is 4.42 Å². The molecule has 4 heteroatoms. The summed E-state index contributed by atoms with van der Waals surface area (Å²) in [5.41, 5.74) is 3.61. The van der Waals surface area contributed by atoms with E-state index >= 15 is 0 Å². The van der Waals surface area contributed by atoms with Crippen LogP contribution in [-0.2, 0) is 7.05 Å². The van der Waals surface area contributed by atoms with Crippen molar-refractivity contribution >= 4 is 10.9 Å². The van der Waals surface area contributed by atoms with Crippen LogP contribution in [0.5, 0.6) is 0 Å². The predicted molar refractivity (Wildman–Crippen MR) is 82.3 cm³/mol. The van der Waals surface area contributed by atoms with Crippen LogP contribution in [-0.4, -0.2) is 14.8 Å². The molecule has 1 aromatic carbocycles. The molecule has 2 heterocycles. The normalized spacial score (nSPS) is 15.2. The summed E-state index contributed by atoms with van der Waals surface area (Å²) >= 11 is 0. The number of aryl methyl sites for hydroxylation is 1. The van der Waals surface area contributed by atoms with Crippen LogP contribution in [0.3, 0.4) is 0 Å². The Kier molecular flexibility index (Phi) is 2.67. The SMILES string of the molecule is CC(C)c1cn(C)c2ccc(-c3nnc(C4CC4)o3)cc12. The van der Waals surface area contributed by atoms with Crippen molar-refractivity contribution in [3.8, 4) is 11.5 Å². The standard InChI is InChI=1S/C17H19N3O/c1-10(2)14-9-20(3)15-7-6-12(8-13(14)15)17-19-18-16(21-17)11-4-5-11/h6-11H,4-5H2,1-3H3. The van der Waals surface area contributed by atoms with E-state index in [9.17, 15) is 0 Å². The maximum Gasteiger partial charge on any atom is 0.247 e. The van der Waals surface area contributed by atoms with Crippen molar-refractivity contribution in [2.24, 2.45) is 7.05 Å². The van der Waals surface area contributed by atoms with E-state index in [-0.39, 0.29) is 0 Å². The van der Waals surface area contributed by atoms with Crippen LogP contribution in [0.2, 0.25) is 0 Å². The molecule has 0 radical (unpaired) electrons. The van der Waals surface area contributed by atoms with E-state index in [1.807, 2.05) is 0 Å². The topological polar surface area (TPSA) is 43.9 Å². The minimum Gasteiger partial charge on any atom is -0.420 e. The van der Waals surface area contributed by atoms with Crippen LogP contribution >= 0.6 is 0 Å². The number of hydrogen-bond acceptors (Lipinski definition) is 3. The highest BCUT2D eigenvalue weighted by atomic mass is 16.4. The third kappa shape index (κ3) is 2.06. The van der Waals surface area contributed by atoms with Gasteiger partial charge >= 0.3 is 0 Å². The molecule has 0 saturated heterocycles. The molecular weight excluding hydrogens is 262 g/mol. The second kappa shape index (κ2) is 4.45. The van der Waals surface area contributed by atoms with E-state index in [0.717, 1.165) is 11.5 Å². The van der Waals surface area contributed by atoms with Gasteiger partial charge in [-0.1, -0.05) is 13.8 Å². The quantitative estimate of drug-likeness (QED) is 0.721. The highest BCUT2D eigenvalue weighted by Gasteiger charge is 2.29. The first-order valence-electron chi connectivity index (χ1n) is 7.56. The lowest BCUT2D eigenvalue weighted by Crippen LogP contribution is -1.84. The van der Waals surface area contributed by atoms with Crippen LogP contribution in [0.1, 0.15) is 50.0 Å². The average Bonchev–Trinajstić information content (AvgIpc) is 3.10. The third-order valence-electron chi connectivity index (χ3n) is 4.26. The van der Waals surface area contributed by atoms with Gasteiger partial charge in [-0.3, -0.25) is 0 Å². The second-order valence-corrected chi connectivity index (χ2v) is 6.30. The zero-order chi connectivity index (χ0) is 14.6. The Bertz CT molecular complexity index is 809. The summed E-state index contributed by atoms with van der Waals surface area (Å²) in [5, 5.41) is 9.66. The first-order chi connectivity index (χ1) is 10.1. The molecule has 1 aliphatic rings. The van der Waals surface area contributed by atoms with E-state index in [1.165, 1.54) is 29.3 Å². The predicted octanol–water partition coefficient (Wildman–Crippen LogP) is 4.23. The van der Waals surface area contributed by atoms with Gasteiger partial charge in [0, 0.05) is 35.6 Å². The maximum absolute atomic E-state index is 5.82. The Morgan fingerprint density at radius 3 is 2.76 bits per heavy atom. The fourth-order valence-electron chi connectivity index (χ4n) is 2.86. The molecule has 0 amide bonds. The van der Waals surface area contributed by atoms with E-state index in [1.54, 1.807) is 0 Å². The fraction of sp³-hybridized carbons (Fsp3) is 0.412. The molecule has 21 heavy (non-hydrogen) atoms. The largest absolute Gasteiger partial charge is 0.420 e. The minimum atomic E-state index is 0.494. The highest BCUT2D eigenvalue weighted by molar-refractivity contribution is 5.88. The van der Waals surface area contributed by atoms with Gasteiger partial charge in [0.15, 0.2) is 0 Å². The molecule has 4 rings (SSSR count). The summed E-state index contributed by atoms with van der Waals surface area (Å²) in [6.07, 6.45) is 4.57. The number of nitrogens with zero attached hydrogens (tertiary/aromatic N) is 3. The Labute approximate surface area is 123 Å². The summed E-state index contributed by atoms with van der Waals surface area (Å²) < 4.78 is 8.00. The summed E-state index contributed by atoms with van der Waals surface area (Å²) in [4.78, 5) is 0. The van der Waals surface area contributed by atoms with Crippen molar-refractivity contribution < 1.29 is 4.42 Å². The Morgan fingerprint density at radius 1 is 1.24 bits per heavy atom. The van der Waals surface area contributed by atoms with Crippen molar-refractivity contribution in [2.75, 3.05) is 0 Å². The molecule has 0 bridgehead atoms. The van der Waals surface area contributed by atoms with Gasteiger partial charge in [-0.05, 0) is 42.5 Å². The fourth-order valence-corrected chi connectivity index (χ4v) is 2.86. The zero-order valence-corrected chi connectivity index (χ0v) is 12.6. The second-order valence-electron chi connectivity index (χ2n) is 6.30. The first-order valence-corrected chi connectivity index (χ1v) is 7.56. The maximum atomic E-state index is 5.82. The Hall–Kier alpha value is -2.10. The lowest BCUT2D eigenvalue weighted by atomic mass is 10.0. The molecule has 0 unspecified atom stereocenters. The van der Waals surface area contributed by atoms with Crippen LogP contribution < -0.4 is 0 Å². The lowest BCUT2D eigenvalue weighted by Gasteiger charge is -2.03. The van der Waals surface area contributed by atoms with E-state index < -0.39 is 0 Å². The van der Waals surface area contributed by atoms with Crippen LogP contribution in [0, 0.1) is 0 Å². The van der Waals surface area contributed by atoms with Gasteiger partial charge in [0.2, 0.25) is 11.8 Å². The third-order valence-corrected chi connectivity index (χ3v) is 4.26. The molecule has 3 aromatic rings. The van der Waals surface area contributed by atoms with Gasteiger partial charge in [-0.15, -0.1) is 10.2 Å². The molecule has 0 N–H and O–H groups in total. The van der Waals surface area contributed by atoms with Gasteiger partial charge in [-0.2, -0.15) is 0 Å². The van der Waals surface area contributed by atoms with Crippen molar-refractivity contribution in [1.82, 2.24) is 14.8 Å². The molecule has 108 valence electrons. The van der Waals surface area contributed by atoms with Crippen molar-refractivity contribution in [3.05, 3.63) is 35.9 Å². The van der Waals surface area contributed by atoms with Gasteiger partial charge < -0.3 is 8.98 Å². The first kappa shape index (κ1) is 12.6.